The number of likely N-dealkylation sites (tertiary alicyclic amines) is 1. The summed E-state index contributed by atoms with van der Waals surface area (Å²) >= 11 is 7.03. The highest BCUT2D eigenvalue weighted by atomic mass is 79.9. The molecule has 3 N–H and O–H groups in total. The van der Waals surface area contributed by atoms with Crippen LogP contribution in [0.15, 0.2) is 94.1 Å². The van der Waals surface area contributed by atoms with E-state index in [-0.39, 0.29) is 12.1 Å². The van der Waals surface area contributed by atoms with Gasteiger partial charge in [-0.3, -0.25) is 4.90 Å². The number of imidazole rings is 2. The Bertz CT molecular complexity index is 2110. The van der Waals surface area contributed by atoms with Crippen molar-refractivity contribution in [3.8, 4) is 22.5 Å². The zero-order valence-corrected chi connectivity index (χ0v) is 31.1. The van der Waals surface area contributed by atoms with Crippen LogP contribution in [0.4, 0.5) is 4.79 Å². The van der Waals surface area contributed by atoms with Gasteiger partial charge in [-0.25, -0.2) is 14.8 Å². The predicted octanol–water partition coefficient (Wildman–Crippen LogP) is 10.5. The number of carbonyl (C=O) groups is 1. The second-order valence-electron chi connectivity index (χ2n) is 13.8. The van der Waals surface area contributed by atoms with Crippen LogP contribution in [-0.4, -0.2) is 49.6 Å². The molecule has 49 heavy (non-hydrogen) atoms. The third-order valence-corrected chi connectivity index (χ3v) is 9.99. The predicted molar refractivity (Wildman–Crippen MR) is 203 cm³/mol. The minimum absolute atomic E-state index is 0.0694. The van der Waals surface area contributed by atoms with Gasteiger partial charge in [-0.05, 0) is 111 Å². The summed E-state index contributed by atoms with van der Waals surface area (Å²) in [5, 5.41) is 8.32. The number of rotatable bonds is 4. The minimum Gasteiger partial charge on any atom is -0.444 e. The second-order valence-corrected chi connectivity index (χ2v) is 15.6. The summed E-state index contributed by atoms with van der Waals surface area (Å²) in [7, 11) is 0. The van der Waals surface area contributed by atoms with Crippen LogP contribution >= 0.6 is 31.9 Å². The monoisotopic (exact) mass is 782 g/mol. The SMILES string of the molecule is Brc1ccc2cc(-c3cnc(C4CCCN4)[nH]3)ccc2c1.CC(C)(C)OC(=O)N1CCCC1c1ncc(-c2ccc3cc(Br)ccc3c2)[nH]1. The average molecular weight is 785 g/mol. The third kappa shape index (κ3) is 7.77. The molecule has 4 aromatic carbocycles. The van der Waals surface area contributed by atoms with Gasteiger partial charge < -0.3 is 20.0 Å². The highest BCUT2D eigenvalue weighted by Crippen LogP contribution is 2.34. The number of amides is 1. The molecule has 0 bridgehead atoms. The molecule has 10 heteroatoms. The van der Waals surface area contributed by atoms with E-state index >= 15 is 0 Å². The zero-order valence-electron chi connectivity index (χ0n) is 27.9. The Balaban J connectivity index is 0.000000160. The lowest BCUT2D eigenvalue weighted by molar-refractivity contribution is 0.0218. The number of hydrogen-bond donors (Lipinski definition) is 3. The van der Waals surface area contributed by atoms with Gasteiger partial charge >= 0.3 is 6.09 Å². The lowest BCUT2D eigenvalue weighted by Crippen LogP contribution is -2.36. The van der Waals surface area contributed by atoms with E-state index in [9.17, 15) is 4.79 Å². The first-order valence-corrected chi connectivity index (χ1v) is 18.4. The Morgan fingerprint density at radius 3 is 1.88 bits per heavy atom. The van der Waals surface area contributed by atoms with Crippen molar-refractivity contribution >= 4 is 59.5 Å². The summed E-state index contributed by atoms with van der Waals surface area (Å²) in [5.41, 5.74) is 3.80. The maximum Gasteiger partial charge on any atom is 0.410 e. The molecular weight excluding hydrogens is 744 g/mol. The van der Waals surface area contributed by atoms with Crippen LogP contribution in [0.25, 0.3) is 44.1 Å². The second kappa shape index (κ2) is 14.1. The van der Waals surface area contributed by atoms with E-state index in [4.69, 9.17) is 4.74 Å². The normalized spacial score (nSPS) is 17.8. The molecule has 0 saturated carbocycles. The van der Waals surface area contributed by atoms with Gasteiger partial charge in [0.25, 0.3) is 0 Å². The van der Waals surface area contributed by atoms with Crippen molar-refractivity contribution in [3.05, 3.63) is 106 Å². The number of halogens is 2. The molecule has 2 aliphatic heterocycles. The number of H-pyrrole nitrogens is 2. The molecule has 2 aliphatic rings. The molecular formula is C39H40Br2N6O2. The molecule has 0 spiro atoms. The van der Waals surface area contributed by atoms with Crippen molar-refractivity contribution in [2.75, 3.05) is 13.1 Å². The molecule has 2 saturated heterocycles. The first-order chi connectivity index (χ1) is 23.6. The summed E-state index contributed by atoms with van der Waals surface area (Å²) < 4.78 is 7.74. The highest BCUT2D eigenvalue weighted by molar-refractivity contribution is 9.10. The Morgan fingerprint density at radius 2 is 1.31 bits per heavy atom. The summed E-state index contributed by atoms with van der Waals surface area (Å²) in [6.45, 7) is 7.45. The van der Waals surface area contributed by atoms with Crippen LogP contribution in [0.3, 0.4) is 0 Å². The average Bonchev–Trinajstić information content (AvgIpc) is 3.90. The van der Waals surface area contributed by atoms with E-state index in [2.05, 4.69) is 124 Å². The van der Waals surface area contributed by atoms with E-state index in [1.807, 2.05) is 39.2 Å². The standard InChI is InChI=1S/C22H24BrN3O2.C17H16BrN3/c1-22(2,3)28-21(27)26-10-4-5-19(26)20-24-13-18(25-20)16-7-6-15-12-17(23)9-8-14(15)11-16;18-14-6-5-11-8-13(4-3-12(11)9-14)16-10-20-17(21-16)15-2-1-7-19-15/h6-9,11-13,19H,4-5,10H2,1-3H3,(H,24,25);3-6,8-10,15,19H,1-2,7H2,(H,20,21). The number of hydrogen-bond acceptors (Lipinski definition) is 5. The quantitative estimate of drug-likeness (QED) is 0.165. The number of benzene rings is 4. The van der Waals surface area contributed by atoms with Crippen LogP contribution in [-0.2, 0) is 4.74 Å². The van der Waals surface area contributed by atoms with Crippen LogP contribution < -0.4 is 5.32 Å². The molecule has 2 aromatic heterocycles. The van der Waals surface area contributed by atoms with E-state index in [0.29, 0.717) is 12.6 Å². The molecule has 8 nitrogen and oxygen atoms in total. The summed E-state index contributed by atoms with van der Waals surface area (Å²) in [6, 6.07) is 25.8. The molecule has 2 fully saturated rings. The van der Waals surface area contributed by atoms with Crippen molar-refractivity contribution in [2.45, 2.75) is 64.1 Å². The Morgan fingerprint density at radius 1 is 0.755 bits per heavy atom. The maximum atomic E-state index is 12.6. The Hall–Kier alpha value is -3.99. The Labute approximate surface area is 303 Å². The number of aromatic amines is 2. The fourth-order valence-corrected chi connectivity index (χ4v) is 7.35. The number of nitrogens with zero attached hydrogens (tertiary/aromatic N) is 3. The van der Waals surface area contributed by atoms with Gasteiger partial charge in [-0.15, -0.1) is 0 Å². The maximum absolute atomic E-state index is 12.6. The van der Waals surface area contributed by atoms with E-state index in [1.165, 1.54) is 39.9 Å². The minimum atomic E-state index is -0.501. The fourth-order valence-electron chi connectivity index (χ4n) is 6.59. The van der Waals surface area contributed by atoms with Gasteiger partial charge in [0.05, 0.1) is 35.9 Å². The summed E-state index contributed by atoms with van der Waals surface area (Å²) in [4.78, 5) is 30.4. The van der Waals surface area contributed by atoms with Gasteiger partial charge in [0.2, 0.25) is 0 Å². The van der Waals surface area contributed by atoms with Gasteiger partial charge in [-0.1, -0.05) is 68.3 Å². The zero-order chi connectivity index (χ0) is 34.1. The smallest absolute Gasteiger partial charge is 0.410 e. The van der Waals surface area contributed by atoms with Crippen molar-refractivity contribution in [1.82, 2.24) is 30.2 Å². The lowest BCUT2D eigenvalue weighted by atomic mass is 10.1. The van der Waals surface area contributed by atoms with Crippen LogP contribution in [0, 0.1) is 0 Å². The molecule has 0 radical (unpaired) electrons. The summed E-state index contributed by atoms with van der Waals surface area (Å²) in [5.74, 6) is 1.87. The topological polar surface area (TPSA) is 98.9 Å². The van der Waals surface area contributed by atoms with E-state index < -0.39 is 5.60 Å². The van der Waals surface area contributed by atoms with Crippen molar-refractivity contribution < 1.29 is 9.53 Å². The third-order valence-electron chi connectivity index (χ3n) is 9.00. The molecule has 2 unspecified atom stereocenters. The highest BCUT2D eigenvalue weighted by Gasteiger charge is 2.34. The number of carbonyl (C=O) groups excluding carboxylic acids is 1. The van der Waals surface area contributed by atoms with E-state index in [1.54, 1.807) is 4.90 Å². The fraction of sp³-hybridized carbons (Fsp3) is 0.308. The number of ether oxygens (including phenoxy) is 1. The van der Waals surface area contributed by atoms with Gasteiger partial charge in [0.1, 0.15) is 17.2 Å². The van der Waals surface area contributed by atoms with Crippen molar-refractivity contribution in [3.63, 3.8) is 0 Å². The van der Waals surface area contributed by atoms with Crippen LogP contribution in [0.1, 0.15) is 70.2 Å². The van der Waals surface area contributed by atoms with Crippen molar-refractivity contribution in [2.24, 2.45) is 0 Å². The first-order valence-electron chi connectivity index (χ1n) is 16.8. The lowest BCUT2D eigenvalue weighted by Gasteiger charge is -2.27. The molecule has 2 atom stereocenters. The molecule has 1 amide bonds. The van der Waals surface area contributed by atoms with Gasteiger partial charge in [-0.2, -0.15) is 0 Å². The number of nitrogens with one attached hydrogen (secondary N) is 3. The number of aromatic nitrogens is 4. The summed E-state index contributed by atoms with van der Waals surface area (Å²) in [6.07, 6.45) is 7.74. The molecule has 4 heterocycles. The van der Waals surface area contributed by atoms with Crippen LogP contribution in [0.2, 0.25) is 0 Å². The van der Waals surface area contributed by atoms with E-state index in [0.717, 1.165) is 56.9 Å². The molecule has 252 valence electrons. The number of fused-ring (bicyclic) bond motifs is 2. The first kappa shape index (κ1) is 33.5. The van der Waals surface area contributed by atoms with Gasteiger partial charge in [0, 0.05) is 26.6 Å². The molecule has 6 aromatic rings. The van der Waals surface area contributed by atoms with Crippen LogP contribution in [0.5, 0.6) is 0 Å². The largest absolute Gasteiger partial charge is 0.444 e. The molecule has 0 aliphatic carbocycles. The van der Waals surface area contributed by atoms with Crippen molar-refractivity contribution in [1.29, 1.82) is 0 Å². The Kier molecular flexibility index (Phi) is 9.64. The van der Waals surface area contributed by atoms with Gasteiger partial charge in [0.15, 0.2) is 0 Å². The molecule has 8 rings (SSSR count).